The number of anilines is 1. The monoisotopic (exact) mass is 606 g/mol. The van der Waals surface area contributed by atoms with Crippen molar-refractivity contribution in [1.29, 1.82) is 0 Å². The van der Waals surface area contributed by atoms with E-state index in [9.17, 15) is 31.6 Å². The van der Waals surface area contributed by atoms with E-state index >= 15 is 0 Å². The van der Waals surface area contributed by atoms with E-state index in [0.717, 1.165) is 22.4 Å². The second-order valence-electron chi connectivity index (χ2n) is 9.84. The van der Waals surface area contributed by atoms with Gasteiger partial charge < -0.3 is 15.5 Å². The fraction of sp³-hybridized carbons (Fsp3) is 0.103. The first-order chi connectivity index (χ1) is 19.8. The number of sulfonamides is 1. The number of nitrogens with one attached hydrogen (secondary N) is 1. The molecule has 0 saturated carbocycles. The van der Waals surface area contributed by atoms with Gasteiger partial charge in [-0.3, -0.25) is 4.55 Å². The fourth-order valence-electron chi connectivity index (χ4n) is 4.58. The highest BCUT2D eigenvalue weighted by atomic mass is 32.2. The molecule has 0 fully saturated rings. The van der Waals surface area contributed by atoms with Gasteiger partial charge in [0.2, 0.25) is 10.0 Å². The normalized spacial score (nSPS) is 15.7. The van der Waals surface area contributed by atoms with Crippen LogP contribution in [0.25, 0.3) is 10.8 Å². The summed E-state index contributed by atoms with van der Waals surface area (Å²) in [6, 6.07) is 12.6. The minimum absolute atomic E-state index is 0.0147. The lowest BCUT2D eigenvalue weighted by molar-refractivity contribution is 0.475. The zero-order chi connectivity index (χ0) is 30.2. The van der Waals surface area contributed by atoms with Gasteiger partial charge in [-0.15, -0.1) is 10.2 Å². The number of phenols is 2. The van der Waals surface area contributed by atoms with Gasteiger partial charge in [0.05, 0.1) is 10.7 Å². The third-order valence-electron chi connectivity index (χ3n) is 6.71. The Kier molecular flexibility index (Phi) is 7.60. The third-order valence-corrected chi connectivity index (χ3v) is 8.30. The molecule has 2 aliphatic carbocycles. The van der Waals surface area contributed by atoms with Crippen LogP contribution in [-0.4, -0.2) is 31.6 Å². The Balaban J connectivity index is 1.41. The van der Waals surface area contributed by atoms with E-state index in [1.165, 1.54) is 30.4 Å². The van der Waals surface area contributed by atoms with Crippen molar-refractivity contribution >= 4 is 48.0 Å². The predicted molar refractivity (Wildman–Crippen MR) is 161 cm³/mol. The van der Waals surface area contributed by atoms with E-state index in [4.69, 9.17) is 5.14 Å². The number of fused-ring (bicyclic) bond motifs is 3. The summed E-state index contributed by atoms with van der Waals surface area (Å²) >= 11 is 0. The number of aromatic hydroxyl groups is 2. The molecule has 0 aromatic heterocycles. The van der Waals surface area contributed by atoms with Crippen LogP contribution in [0.3, 0.4) is 0 Å². The molecule has 0 atom stereocenters. The maximum absolute atomic E-state index is 11.7. The zero-order valence-electron chi connectivity index (χ0n) is 22.2. The van der Waals surface area contributed by atoms with E-state index in [0.29, 0.717) is 28.4 Å². The van der Waals surface area contributed by atoms with E-state index in [1.807, 2.05) is 18.2 Å². The molecule has 42 heavy (non-hydrogen) atoms. The van der Waals surface area contributed by atoms with Crippen molar-refractivity contribution in [2.75, 3.05) is 5.32 Å². The maximum atomic E-state index is 11.7. The van der Waals surface area contributed by atoms with Crippen LogP contribution in [-0.2, 0) is 25.9 Å². The molecule has 6 N–H and O–H groups in total. The van der Waals surface area contributed by atoms with Gasteiger partial charge in [0.1, 0.15) is 17.1 Å². The highest BCUT2D eigenvalue weighted by Crippen LogP contribution is 2.38. The summed E-state index contributed by atoms with van der Waals surface area (Å²) < 4.78 is 55.8. The highest BCUT2D eigenvalue weighted by Gasteiger charge is 2.18. The smallest absolute Gasteiger partial charge is 0.294 e. The van der Waals surface area contributed by atoms with Gasteiger partial charge in [-0.25, -0.2) is 13.6 Å². The molecule has 3 aromatic rings. The molecule has 3 aromatic carbocycles. The Labute approximate surface area is 242 Å². The number of hydrogen-bond acceptors (Lipinski definition) is 9. The van der Waals surface area contributed by atoms with Crippen molar-refractivity contribution in [3.05, 3.63) is 112 Å². The van der Waals surface area contributed by atoms with Crippen LogP contribution >= 0.6 is 0 Å². The van der Waals surface area contributed by atoms with Crippen molar-refractivity contribution in [3.63, 3.8) is 0 Å². The number of nitrogens with zero attached hydrogens (tertiary/aromatic N) is 2. The predicted octanol–water partition coefficient (Wildman–Crippen LogP) is 5.74. The number of benzene rings is 3. The summed E-state index contributed by atoms with van der Waals surface area (Å²) in [5.41, 5.74) is 4.43. The van der Waals surface area contributed by atoms with Crippen LogP contribution in [0.2, 0.25) is 0 Å². The van der Waals surface area contributed by atoms with E-state index in [1.54, 1.807) is 37.3 Å². The lowest BCUT2D eigenvalue weighted by atomic mass is 9.92. The third kappa shape index (κ3) is 6.50. The summed E-state index contributed by atoms with van der Waals surface area (Å²) in [5.74, 6) is -0.791. The number of primary sulfonamides is 1. The molecule has 0 spiro atoms. The second-order valence-corrected chi connectivity index (χ2v) is 12.9. The van der Waals surface area contributed by atoms with Crippen molar-refractivity contribution in [2.45, 2.75) is 19.1 Å². The summed E-state index contributed by atoms with van der Waals surface area (Å²) in [4.78, 5) is -0.190. The second kappa shape index (κ2) is 11.0. The molecule has 11 nitrogen and oxygen atoms in total. The molecular formula is C29H26N4O7S2. The lowest BCUT2D eigenvalue weighted by Crippen LogP contribution is -2.14. The average Bonchev–Trinajstić information content (AvgIpc) is 2.90. The van der Waals surface area contributed by atoms with Crippen molar-refractivity contribution in [1.82, 2.24) is 0 Å². The number of azo groups is 1. The van der Waals surface area contributed by atoms with Gasteiger partial charge in [0.15, 0.2) is 5.75 Å². The number of hydrogen-bond donors (Lipinski definition) is 5. The summed E-state index contributed by atoms with van der Waals surface area (Å²) in [6.45, 7) is 1.79. The van der Waals surface area contributed by atoms with Gasteiger partial charge in [0, 0.05) is 16.8 Å². The van der Waals surface area contributed by atoms with Crippen molar-refractivity contribution in [2.24, 2.45) is 15.4 Å². The largest absolute Gasteiger partial charge is 0.506 e. The van der Waals surface area contributed by atoms with E-state index < -0.39 is 25.9 Å². The van der Waals surface area contributed by atoms with Crippen LogP contribution < -0.4 is 10.5 Å². The Morgan fingerprint density at radius 1 is 0.881 bits per heavy atom. The Morgan fingerprint density at radius 3 is 2.36 bits per heavy atom. The number of rotatable bonds is 7. The van der Waals surface area contributed by atoms with Crippen LogP contribution in [0.15, 0.2) is 116 Å². The molecule has 0 amide bonds. The molecule has 0 aliphatic heterocycles. The van der Waals surface area contributed by atoms with Crippen LogP contribution in [0.4, 0.5) is 17.1 Å². The van der Waals surface area contributed by atoms with Gasteiger partial charge in [-0.1, -0.05) is 24.3 Å². The number of nitrogens with two attached hydrogens (primary N) is 1. The SMILES string of the molecule is CC1=C2C=CC(Nc3ccc4c(O)c(N=Nc5cc(CS(N)(=O)=O)ccc5O)ccc4c3)=C(C=CC(S(=O)(=O)O)=C1)C2. The van der Waals surface area contributed by atoms with Gasteiger partial charge >= 0.3 is 0 Å². The van der Waals surface area contributed by atoms with Gasteiger partial charge in [-0.05, 0) is 95.6 Å². The highest BCUT2D eigenvalue weighted by molar-refractivity contribution is 7.90. The average molecular weight is 607 g/mol. The standard InChI is InChI=1S/C29H26N4O7S2/c1-17-12-23(42(38,39)40)7-3-21-14-19(17)4-9-25(21)31-22-6-8-24-20(15-22)5-10-26(29(24)35)32-33-27-13-18(2-11-28(27)34)16-41(30,36)37/h2-13,15,31,34-35H,14,16H2,1H3,(H2,30,36,37)(H,38,39,40). The number of phenolic OH excluding ortho intramolecular Hbond substituents is 2. The fourth-order valence-corrected chi connectivity index (χ4v) is 5.79. The maximum Gasteiger partial charge on any atom is 0.294 e. The summed E-state index contributed by atoms with van der Waals surface area (Å²) in [5, 5.41) is 38.6. The van der Waals surface area contributed by atoms with Crippen LogP contribution in [0.5, 0.6) is 11.5 Å². The minimum Gasteiger partial charge on any atom is -0.506 e. The first-order valence-corrected chi connectivity index (χ1v) is 15.7. The molecule has 5 rings (SSSR count). The molecular weight excluding hydrogens is 580 g/mol. The molecule has 0 radical (unpaired) electrons. The summed E-state index contributed by atoms with van der Waals surface area (Å²) in [6.07, 6.45) is 8.83. The number of allylic oxidation sites excluding steroid dienone is 8. The first-order valence-electron chi connectivity index (χ1n) is 12.5. The summed E-state index contributed by atoms with van der Waals surface area (Å²) in [7, 11) is -8.15. The van der Waals surface area contributed by atoms with E-state index in [2.05, 4.69) is 15.5 Å². The van der Waals surface area contributed by atoms with Crippen LogP contribution in [0.1, 0.15) is 18.9 Å². The molecule has 216 valence electrons. The lowest BCUT2D eigenvalue weighted by Gasteiger charge is -2.20. The molecule has 2 aliphatic rings. The minimum atomic E-state index is -4.37. The molecule has 2 bridgehead atoms. The topological polar surface area (TPSA) is 192 Å². The quantitative estimate of drug-likeness (QED) is 0.166. The van der Waals surface area contributed by atoms with E-state index in [-0.39, 0.29) is 27.8 Å². The van der Waals surface area contributed by atoms with Crippen LogP contribution in [0, 0.1) is 0 Å². The molecule has 13 heteroatoms. The Morgan fingerprint density at radius 2 is 1.62 bits per heavy atom. The molecule has 0 heterocycles. The zero-order valence-corrected chi connectivity index (χ0v) is 23.8. The van der Waals surface area contributed by atoms with Gasteiger partial charge in [-0.2, -0.15) is 8.42 Å². The molecule has 0 saturated heterocycles. The Hall–Kier alpha value is -4.56. The Bertz CT molecular complexity index is 2040. The van der Waals surface area contributed by atoms with Crippen molar-refractivity contribution in [3.8, 4) is 11.5 Å². The van der Waals surface area contributed by atoms with Gasteiger partial charge in [0.25, 0.3) is 10.1 Å². The first kappa shape index (κ1) is 29.0. The molecule has 0 unspecified atom stereocenters. The van der Waals surface area contributed by atoms with Crippen molar-refractivity contribution < 1.29 is 31.6 Å².